The van der Waals surface area contributed by atoms with E-state index in [9.17, 15) is 0 Å². The Morgan fingerprint density at radius 3 is 2.87 bits per heavy atom. The third kappa shape index (κ3) is 2.71. The summed E-state index contributed by atoms with van der Waals surface area (Å²) in [4.78, 5) is 10.3. The highest BCUT2D eigenvalue weighted by Gasteiger charge is 2.25. The number of hydrogen-bond acceptors (Lipinski definition) is 4. The number of thiazole rings is 1. The van der Waals surface area contributed by atoms with Gasteiger partial charge < -0.3 is 10.3 Å². The zero-order valence-corrected chi connectivity index (χ0v) is 14.0. The van der Waals surface area contributed by atoms with Crippen LogP contribution in [0.3, 0.4) is 0 Å². The number of imidazole rings is 1. The molecule has 1 fully saturated rings. The second kappa shape index (κ2) is 5.91. The van der Waals surface area contributed by atoms with Gasteiger partial charge in [-0.1, -0.05) is 24.3 Å². The first-order valence-corrected chi connectivity index (χ1v) is 8.84. The van der Waals surface area contributed by atoms with Crippen molar-refractivity contribution in [1.29, 1.82) is 0 Å². The number of aryl methyl sites for hydroxylation is 1. The number of nitrogens with zero attached hydrogens (tertiary/aromatic N) is 3. The van der Waals surface area contributed by atoms with Crippen LogP contribution >= 0.6 is 11.3 Å². The smallest absolute Gasteiger partial charge is 0.151 e. The molecule has 1 aromatic carbocycles. The fraction of sp³-hybridized carbons (Fsp3) is 0.333. The molecule has 2 aromatic heterocycles. The van der Waals surface area contributed by atoms with Gasteiger partial charge in [-0.3, -0.25) is 0 Å². The second-order valence-corrected chi connectivity index (χ2v) is 7.26. The fourth-order valence-electron chi connectivity index (χ4n) is 3.36. The van der Waals surface area contributed by atoms with E-state index in [2.05, 4.69) is 51.9 Å². The molecule has 2 atom stereocenters. The molecule has 0 spiro atoms. The van der Waals surface area contributed by atoms with E-state index in [1.165, 1.54) is 11.1 Å². The molecule has 1 aliphatic carbocycles. The fourth-order valence-corrected chi connectivity index (χ4v) is 4.37. The molecule has 0 saturated heterocycles. The van der Waals surface area contributed by atoms with E-state index >= 15 is 0 Å². The number of aromatic nitrogens is 3. The van der Waals surface area contributed by atoms with Gasteiger partial charge >= 0.3 is 0 Å². The van der Waals surface area contributed by atoms with Gasteiger partial charge in [0.15, 0.2) is 5.82 Å². The number of hydrogen-bond donors (Lipinski definition) is 1. The van der Waals surface area contributed by atoms with Crippen molar-refractivity contribution in [3.63, 3.8) is 0 Å². The highest BCUT2D eigenvalue weighted by Crippen LogP contribution is 2.36. The van der Waals surface area contributed by atoms with Crippen molar-refractivity contribution < 1.29 is 0 Å². The number of benzene rings is 1. The van der Waals surface area contributed by atoms with E-state index in [1.54, 1.807) is 11.3 Å². The molecule has 0 amide bonds. The lowest BCUT2D eigenvalue weighted by atomic mass is 10.1. The van der Waals surface area contributed by atoms with E-state index in [4.69, 9.17) is 5.73 Å². The first-order valence-electron chi connectivity index (χ1n) is 8.03. The summed E-state index contributed by atoms with van der Waals surface area (Å²) in [7, 11) is 0. The lowest BCUT2D eigenvalue weighted by Crippen LogP contribution is -2.16. The van der Waals surface area contributed by atoms with Crippen molar-refractivity contribution in [2.45, 2.75) is 38.3 Å². The minimum Gasteiger partial charge on any atom is -0.328 e. The molecule has 0 unspecified atom stereocenters. The van der Waals surface area contributed by atoms with Gasteiger partial charge in [-0.15, -0.1) is 11.3 Å². The molecule has 0 radical (unpaired) electrons. The molecule has 4 rings (SSSR count). The molecule has 3 aromatic rings. The standard InChI is InChI=1S/C18H20N4S/c1-12-4-2-3-5-15(12)18-21-11-16(23-18)17-20-8-9-22(17)14-7-6-13(19)10-14/h2-5,8-9,11,13-14H,6-7,10,19H2,1H3/t13-,14-/m1/s1. The van der Waals surface area contributed by atoms with Crippen molar-refractivity contribution in [3.05, 3.63) is 48.4 Å². The molecule has 4 nitrogen and oxygen atoms in total. The van der Waals surface area contributed by atoms with Crippen molar-refractivity contribution in [2.75, 3.05) is 0 Å². The van der Waals surface area contributed by atoms with Crippen LogP contribution in [0.1, 0.15) is 30.9 Å². The zero-order chi connectivity index (χ0) is 15.8. The van der Waals surface area contributed by atoms with Crippen molar-refractivity contribution >= 4 is 11.3 Å². The first kappa shape index (κ1) is 14.6. The minimum absolute atomic E-state index is 0.319. The molecular weight excluding hydrogens is 304 g/mol. The summed E-state index contributed by atoms with van der Waals surface area (Å²) in [5, 5.41) is 1.05. The van der Waals surface area contributed by atoms with E-state index in [1.807, 2.05) is 12.4 Å². The van der Waals surface area contributed by atoms with Gasteiger partial charge in [0, 0.05) is 36.2 Å². The van der Waals surface area contributed by atoms with Crippen LogP contribution in [0.25, 0.3) is 21.3 Å². The van der Waals surface area contributed by atoms with Crippen LogP contribution in [-0.2, 0) is 0 Å². The summed E-state index contributed by atoms with van der Waals surface area (Å²) >= 11 is 1.71. The van der Waals surface area contributed by atoms with E-state index in [0.29, 0.717) is 12.1 Å². The Hall–Kier alpha value is -1.98. The van der Waals surface area contributed by atoms with Crippen LogP contribution in [0.5, 0.6) is 0 Å². The van der Waals surface area contributed by atoms with Crippen molar-refractivity contribution in [2.24, 2.45) is 5.73 Å². The summed E-state index contributed by atoms with van der Waals surface area (Å²) in [6, 6.07) is 9.15. The quantitative estimate of drug-likeness (QED) is 0.791. The maximum absolute atomic E-state index is 6.07. The van der Waals surface area contributed by atoms with Crippen LogP contribution < -0.4 is 5.73 Å². The molecule has 1 saturated carbocycles. The molecule has 2 heterocycles. The molecule has 2 N–H and O–H groups in total. The third-order valence-electron chi connectivity index (χ3n) is 4.61. The maximum atomic E-state index is 6.07. The Morgan fingerprint density at radius 2 is 2.09 bits per heavy atom. The van der Waals surface area contributed by atoms with Crippen LogP contribution in [0.2, 0.25) is 0 Å². The van der Waals surface area contributed by atoms with Gasteiger partial charge in [0.1, 0.15) is 5.01 Å². The maximum Gasteiger partial charge on any atom is 0.151 e. The molecule has 0 bridgehead atoms. The van der Waals surface area contributed by atoms with Gasteiger partial charge in [-0.2, -0.15) is 0 Å². The van der Waals surface area contributed by atoms with Crippen LogP contribution in [0, 0.1) is 6.92 Å². The first-order chi connectivity index (χ1) is 11.2. The molecule has 5 heteroatoms. The molecule has 23 heavy (non-hydrogen) atoms. The zero-order valence-electron chi connectivity index (χ0n) is 13.1. The van der Waals surface area contributed by atoms with E-state index in [-0.39, 0.29) is 0 Å². The monoisotopic (exact) mass is 324 g/mol. The number of nitrogens with two attached hydrogens (primary N) is 1. The predicted octanol–water partition coefficient (Wildman–Crippen LogP) is 4.03. The average Bonchev–Trinajstić information content (AvgIpc) is 3.26. The predicted molar refractivity (Wildman–Crippen MR) is 94.4 cm³/mol. The Labute approximate surface area is 140 Å². The SMILES string of the molecule is Cc1ccccc1-c1ncc(-c2nccn2[C@@H]2CC[C@@H](N)C2)s1. The molecular formula is C18H20N4S. The summed E-state index contributed by atoms with van der Waals surface area (Å²) in [5.74, 6) is 1.02. The van der Waals surface area contributed by atoms with Crippen molar-refractivity contribution in [3.8, 4) is 21.3 Å². The van der Waals surface area contributed by atoms with Gasteiger partial charge in [0.2, 0.25) is 0 Å². The summed E-state index contributed by atoms with van der Waals surface area (Å²) in [5.41, 5.74) is 8.52. The Bertz CT molecular complexity index is 820. The highest BCUT2D eigenvalue weighted by atomic mass is 32.1. The van der Waals surface area contributed by atoms with Crippen molar-refractivity contribution in [1.82, 2.24) is 14.5 Å². The Morgan fingerprint density at radius 1 is 1.22 bits per heavy atom. The lowest BCUT2D eigenvalue weighted by molar-refractivity contribution is 0.515. The summed E-state index contributed by atoms with van der Waals surface area (Å²) in [6.45, 7) is 2.12. The van der Waals surface area contributed by atoms with Crippen LogP contribution in [0.15, 0.2) is 42.9 Å². The summed E-state index contributed by atoms with van der Waals surface area (Å²) in [6.07, 6.45) is 9.16. The topological polar surface area (TPSA) is 56.7 Å². The second-order valence-electron chi connectivity index (χ2n) is 6.23. The Kier molecular flexibility index (Phi) is 3.75. The van der Waals surface area contributed by atoms with Gasteiger partial charge in [0.05, 0.1) is 4.88 Å². The lowest BCUT2D eigenvalue weighted by Gasteiger charge is -2.14. The number of rotatable bonds is 3. The average molecular weight is 324 g/mol. The minimum atomic E-state index is 0.319. The highest BCUT2D eigenvalue weighted by molar-refractivity contribution is 7.18. The molecule has 0 aliphatic heterocycles. The van der Waals surface area contributed by atoms with Gasteiger partial charge in [0.25, 0.3) is 0 Å². The Balaban J connectivity index is 1.68. The summed E-state index contributed by atoms with van der Waals surface area (Å²) < 4.78 is 2.28. The van der Waals surface area contributed by atoms with Crippen LogP contribution in [-0.4, -0.2) is 20.6 Å². The van der Waals surface area contributed by atoms with E-state index in [0.717, 1.165) is 35.0 Å². The van der Waals surface area contributed by atoms with Gasteiger partial charge in [-0.25, -0.2) is 9.97 Å². The van der Waals surface area contributed by atoms with Gasteiger partial charge in [-0.05, 0) is 31.7 Å². The largest absolute Gasteiger partial charge is 0.328 e. The van der Waals surface area contributed by atoms with Crippen LogP contribution in [0.4, 0.5) is 0 Å². The molecule has 1 aliphatic rings. The molecule has 118 valence electrons. The normalized spacial score (nSPS) is 21.0. The third-order valence-corrected chi connectivity index (χ3v) is 5.64. The van der Waals surface area contributed by atoms with E-state index < -0.39 is 0 Å².